The van der Waals surface area contributed by atoms with Gasteiger partial charge >= 0.3 is 0 Å². The van der Waals surface area contributed by atoms with Gasteiger partial charge in [0.1, 0.15) is 5.82 Å². The summed E-state index contributed by atoms with van der Waals surface area (Å²) in [5.74, 6) is 1.07. The highest BCUT2D eigenvalue weighted by Gasteiger charge is 2.23. The molecule has 0 spiro atoms. The Morgan fingerprint density at radius 1 is 1.24 bits per heavy atom. The van der Waals surface area contributed by atoms with Gasteiger partial charge in [0.15, 0.2) is 0 Å². The standard InChI is InChI=1S/C17H29N3O/c1-12-7-15(9-18-17(4,5)6)8-16(19-12)20-10-13(2)21-14(3)11-20/h7-8,13-14,18H,9-11H2,1-6H3/t13-,14+. The Morgan fingerprint density at radius 2 is 1.86 bits per heavy atom. The zero-order chi connectivity index (χ0) is 15.6. The summed E-state index contributed by atoms with van der Waals surface area (Å²) < 4.78 is 5.81. The molecule has 21 heavy (non-hydrogen) atoms. The molecule has 1 fully saturated rings. The first-order valence-electron chi connectivity index (χ1n) is 7.86. The molecule has 118 valence electrons. The van der Waals surface area contributed by atoms with Gasteiger partial charge in [-0.3, -0.25) is 0 Å². The molecule has 2 atom stereocenters. The fraction of sp³-hybridized carbons (Fsp3) is 0.706. The van der Waals surface area contributed by atoms with Crippen LogP contribution in [0.25, 0.3) is 0 Å². The Kier molecular flexibility index (Phi) is 4.89. The van der Waals surface area contributed by atoms with Gasteiger partial charge < -0.3 is 15.0 Å². The second-order valence-corrected chi connectivity index (χ2v) is 7.24. The maximum Gasteiger partial charge on any atom is 0.129 e. The molecule has 1 saturated heterocycles. The number of nitrogens with zero attached hydrogens (tertiary/aromatic N) is 2. The van der Waals surface area contributed by atoms with Crippen molar-refractivity contribution in [3.8, 4) is 0 Å². The van der Waals surface area contributed by atoms with Crippen LogP contribution in [0, 0.1) is 6.92 Å². The van der Waals surface area contributed by atoms with Gasteiger partial charge in [0.25, 0.3) is 0 Å². The molecule has 0 bridgehead atoms. The number of ether oxygens (including phenoxy) is 1. The van der Waals surface area contributed by atoms with E-state index in [9.17, 15) is 0 Å². The Hall–Kier alpha value is -1.13. The summed E-state index contributed by atoms with van der Waals surface area (Å²) in [5.41, 5.74) is 2.49. The lowest BCUT2D eigenvalue weighted by molar-refractivity contribution is -0.00547. The van der Waals surface area contributed by atoms with Crippen molar-refractivity contribution < 1.29 is 4.74 Å². The summed E-state index contributed by atoms with van der Waals surface area (Å²) in [6, 6.07) is 4.37. The smallest absolute Gasteiger partial charge is 0.129 e. The van der Waals surface area contributed by atoms with Gasteiger partial charge in [0, 0.05) is 30.9 Å². The molecule has 1 aliphatic rings. The Morgan fingerprint density at radius 3 is 2.43 bits per heavy atom. The molecule has 0 aliphatic carbocycles. The lowest BCUT2D eigenvalue weighted by atomic mass is 10.1. The van der Waals surface area contributed by atoms with Crippen molar-refractivity contribution in [3.05, 3.63) is 23.4 Å². The van der Waals surface area contributed by atoms with E-state index in [1.807, 2.05) is 0 Å². The Labute approximate surface area is 128 Å². The highest BCUT2D eigenvalue weighted by Crippen LogP contribution is 2.20. The number of morpholine rings is 1. The van der Waals surface area contributed by atoms with Crippen LogP contribution in [0.15, 0.2) is 12.1 Å². The van der Waals surface area contributed by atoms with Crippen molar-refractivity contribution in [2.45, 2.75) is 65.8 Å². The monoisotopic (exact) mass is 291 g/mol. The minimum absolute atomic E-state index is 0.124. The van der Waals surface area contributed by atoms with E-state index in [0.717, 1.165) is 31.1 Å². The zero-order valence-electron chi connectivity index (χ0n) is 14.2. The van der Waals surface area contributed by atoms with Gasteiger partial charge in [-0.1, -0.05) is 0 Å². The molecule has 0 unspecified atom stereocenters. The first-order chi connectivity index (χ1) is 9.73. The van der Waals surface area contributed by atoms with E-state index >= 15 is 0 Å². The molecule has 1 N–H and O–H groups in total. The molecule has 1 aromatic heterocycles. The van der Waals surface area contributed by atoms with Crippen LogP contribution in [0.5, 0.6) is 0 Å². The van der Waals surface area contributed by atoms with Gasteiger partial charge in [-0.25, -0.2) is 4.98 Å². The van der Waals surface area contributed by atoms with Crippen molar-refractivity contribution in [1.29, 1.82) is 0 Å². The molecule has 2 heterocycles. The number of hydrogen-bond donors (Lipinski definition) is 1. The summed E-state index contributed by atoms with van der Waals surface area (Å²) >= 11 is 0. The Balaban J connectivity index is 2.14. The molecular formula is C17H29N3O. The number of aryl methyl sites for hydroxylation is 1. The first kappa shape index (κ1) is 16.2. The molecule has 0 aromatic carbocycles. The largest absolute Gasteiger partial charge is 0.372 e. The van der Waals surface area contributed by atoms with Crippen molar-refractivity contribution in [1.82, 2.24) is 10.3 Å². The quantitative estimate of drug-likeness (QED) is 0.929. The highest BCUT2D eigenvalue weighted by atomic mass is 16.5. The number of aromatic nitrogens is 1. The van der Waals surface area contributed by atoms with E-state index in [0.29, 0.717) is 0 Å². The summed E-state index contributed by atoms with van der Waals surface area (Å²) in [7, 11) is 0. The predicted octanol–water partition coefficient (Wildman–Crippen LogP) is 2.89. The second-order valence-electron chi connectivity index (χ2n) is 7.24. The van der Waals surface area contributed by atoms with Crippen molar-refractivity contribution in [2.75, 3.05) is 18.0 Å². The zero-order valence-corrected chi connectivity index (χ0v) is 14.2. The van der Waals surface area contributed by atoms with E-state index in [-0.39, 0.29) is 17.7 Å². The number of rotatable bonds is 3. The summed E-state index contributed by atoms with van der Waals surface area (Å²) in [6.45, 7) is 15.6. The molecule has 4 nitrogen and oxygen atoms in total. The molecule has 0 radical (unpaired) electrons. The third kappa shape index (κ3) is 4.97. The molecule has 0 amide bonds. The summed E-state index contributed by atoms with van der Waals surface area (Å²) in [4.78, 5) is 7.05. The Bertz CT molecular complexity index is 471. The maximum atomic E-state index is 5.81. The minimum atomic E-state index is 0.124. The number of anilines is 1. The van der Waals surface area contributed by atoms with Gasteiger partial charge in [-0.05, 0) is 59.2 Å². The van der Waals surface area contributed by atoms with Crippen LogP contribution in [0.4, 0.5) is 5.82 Å². The molecule has 1 aromatic rings. The maximum absolute atomic E-state index is 5.81. The molecular weight excluding hydrogens is 262 g/mol. The lowest BCUT2D eigenvalue weighted by Crippen LogP contribution is -2.46. The van der Waals surface area contributed by atoms with Crippen molar-refractivity contribution >= 4 is 5.82 Å². The summed E-state index contributed by atoms with van der Waals surface area (Å²) in [6.07, 6.45) is 0.513. The fourth-order valence-electron chi connectivity index (χ4n) is 2.72. The van der Waals surface area contributed by atoms with Crippen LogP contribution in [-0.2, 0) is 11.3 Å². The normalized spacial score (nSPS) is 23.4. The van der Waals surface area contributed by atoms with Crippen LogP contribution in [0.3, 0.4) is 0 Å². The van der Waals surface area contributed by atoms with Crippen LogP contribution in [0.2, 0.25) is 0 Å². The molecule has 0 saturated carbocycles. The van der Waals surface area contributed by atoms with Gasteiger partial charge in [0.2, 0.25) is 0 Å². The van der Waals surface area contributed by atoms with Crippen LogP contribution < -0.4 is 10.2 Å². The molecule has 2 rings (SSSR count). The van der Waals surface area contributed by atoms with E-state index in [2.05, 4.69) is 63.9 Å². The average molecular weight is 291 g/mol. The minimum Gasteiger partial charge on any atom is -0.372 e. The lowest BCUT2D eigenvalue weighted by Gasteiger charge is -2.36. The number of nitrogens with one attached hydrogen (secondary N) is 1. The van der Waals surface area contributed by atoms with Gasteiger partial charge in [0.05, 0.1) is 12.2 Å². The average Bonchev–Trinajstić information content (AvgIpc) is 2.34. The third-order valence-corrected chi connectivity index (χ3v) is 3.57. The fourth-order valence-corrected chi connectivity index (χ4v) is 2.72. The van der Waals surface area contributed by atoms with E-state index in [4.69, 9.17) is 9.72 Å². The van der Waals surface area contributed by atoms with Gasteiger partial charge in [-0.15, -0.1) is 0 Å². The molecule has 1 aliphatic heterocycles. The van der Waals surface area contributed by atoms with E-state index in [1.165, 1.54) is 5.56 Å². The SMILES string of the molecule is Cc1cc(CNC(C)(C)C)cc(N2C[C@@H](C)O[C@@H](C)C2)n1. The van der Waals surface area contributed by atoms with Crippen molar-refractivity contribution in [2.24, 2.45) is 0 Å². The molecule has 4 heteroatoms. The second kappa shape index (κ2) is 6.32. The highest BCUT2D eigenvalue weighted by molar-refractivity contribution is 5.43. The van der Waals surface area contributed by atoms with E-state index < -0.39 is 0 Å². The van der Waals surface area contributed by atoms with Crippen LogP contribution in [-0.4, -0.2) is 35.8 Å². The summed E-state index contributed by atoms with van der Waals surface area (Å²) in [5, 5.41) is 3.54. The number of pyridine rings is 1. The predicted molar refractivity (Wildman–Crippen MR) is 87.8 cm³/mol. The van der Waals surface area contributed by atoms with Gasteiger partial charge in [-0.2, -0.15) is 0 Å². The topological polar surface area (TPSA) is 37.4 Å². The van der Waals surface area contributed by atoms with Crippen LogP contribution >= 0.6 is 0 Å². The van der Waals surface area contributed by atoms with E-state index in [1.54, 1.807) is 0 Å². The van der Waals surface area contributed by atoms with Crippen LogP contribution in [0.1, 0.15) is 45.9 Å². The first-order valence-corrected chi connectivity index (χ1v) is 7.86. The van der Waals surface area contributed by atoms with Crippen molar-refractivity contribution in [3.63, 3.8) is 0 Å². The third-order valence-electron chi connectivity index (χ3n) is 3.57. The number of hydrogen-bond acceptors (Lipinski definition) is 4.